The van der Waals surface area contributed by atoms with Gasteiger partial charge in [0.1, 0.15) is 5.75 Å². The topological polar surface area (TPSA) is 44.8 Å². The van der Waals surface area contributed by atoms with E-state index in [1.54, 1.807) is 12.1 Å². The Morgan fingerprint density at radius 2 is 1.92 bits per heavy atom. The van der Waals surface area contributed by atoms with Crippen molar-refractivity contribution in [1.82, 2.24) is 15.1 Å². The molecule has 3 rings (SSSR count). The minimum atomic E-state index is -2.81. The van der Waals surface area contributed by atoms with Gasteiger partial charge in [0.25, 0.3) is 0 Å². The molecule has 1 N–H and O–H groups in total. The highest BCUT2D eigenvalue weighted by Crippen LogP contribution is 2.19. The Bertz CT molecular complexity index is 562. The number of hydrogen-bond acceptors (Lipinski definition) is 4. The van der Waals surface area contributed by atoms with Gasteiger partial charge in [-0.1, -0.05) is 12.1 Å². The summed E-state index contributed by atoms with van der Waals surface area (Å²) in [6.07, 6.45) is 2.11. The molecule has 1 atom stereocenters. The molecule has 0 aliphatic carbocycles. The van der Waals surface area contributed by atoms with E-state index in [4.69, 9.17) is 0 Å². The largest absolute Gasteiger partial charge is 0.435 e. The molecule has 0 bridgehead atoms. The third kappa shape index (κ3) is 5.12. The van der Waals surface area contributed by atoms with E-state index in [2.05, 4.69) is 15.0 Å². The van der Waals surface area contributed by atoms with Crippen molar-refractivity contribution in [2.75, 3.05) is 39.3 Å². The molecule has 2 saturated heterocycles. The summed E-state index contributed by atoms with van der Waals surface area (Å²) in [5.41, 5.74) is 0.952. The van der Waals surface area contributed by atoms with Gasteiger partial charge in [-0.15, -0.1) is 0 Å². The SMILES string of the molecule is O=C(CCc1ccc(OC(F)F)cc1)N1CCC(N2CCNCC2)C1. The molecule has 5 nitrogen and oxygen atoms in total. The van der Waals surface area contributed by atoms with E-state index in [-0.39, 0.29) is 11.7 Å². The number of alkyl halides is 2. The Balaban J connectivity index is 1.43. The van der Waals surface area contributed by atoms with E-state index in [0.29, 0.717) is 18.9 Å². The second kappa shape index (κ2) is 8.58. The Kier molecular flexibility index (Phi) is 6.20. The number of aryl methyl sites for hydroxylation is 1. The van der Waals surface area contributed by atoms with Crippen LogP contribution in [0.5, 0.6) is 5.75 Å². The van der Waals surface area contributed by atoms with Gasteiger partial charge in [-0.05, 0) is 30.5 Å². The number of piperazine rings is 1. The van der Waals surface area contributed by atoms with Gasteiger partial charge < -0.3 is 15.0 Å². The van der Waals surface area contributed by atoms with Gasteiger partial charge in [0, 0.05) is 51.7 Å². The van der Waals surface area contributed by atoms with E-state index < -0.39 is 6.61 Å². The lowest BCUT2D eigenvalue weighted by molar-refractivity contribution is -0.130. The maximum absolute atomic E-state index is 12.4. The molecule has 1 unspecified atom stereocenters. The number of carbonyl (C=O) groups excluding carboxylic acids is 1. The molecule has 138 valence electrons. The molecule has 1 aromatic rings. The van der Waals surface area contributed by atoms with Crippen molar-refractivity contribution in [3.63, 3.8) is 0 Å². The number of rotatable bonds is 6. The molecular formula is C18H25F2N3O2. The highest BCUT2D eigenvalue weighted by Gasteiger charge is 2.30. The lowest BCUT2D eigenvalue weighted by Crippen LogP contribution is -2.49. The fourth-order valence-electron chi connectivity index (χ4n) is 3.56. The van der Waals surface area contributed by atoms with Crippen molar-refractivity contribution in [1.29, 1.82) is 0 Å². The van der Waals surface area contributed by atoms with E-state index >= 15 is 0 Å². The average molecular weight is 353 g/mol. The summed E-state index contributed by atoms with van der Waals surface area (Å²) in [5.74, 6) is 0.314. The summed E-state index contributed by atoms with van der Waals surface area (Å²) in [7, 11) is 0. The number of likely N-dealkylation sites (tertiary alicyclic amines) is 1. The Morgan fingerprint density at radius 3 is 2.60 bits per heavy atom. The van der Waals surface area contributed by atoms with Crippen LogP contribution in [-0.2, 0) is 11.2 Å². The highest BCUT2D eigenvalue weighted by molar-refractivity contribution is 5.76. The molecule has 25 heavy (non-hydrogen) atoms. The molecule has 2 heterocycles. The molecule has 0 saturated carbocycles. The molecule has 0 spiro atoms. The first kappa shape index (κ1) is 18.1. The zero-order valence-electron chi connectivity index (χ0n) is 14.3. The van der Waals surface area contributed by atoms with Crippen LogP contribution in [0.1, 0.15) is 18.4 Å². The third-order valence-electron chi connectivity index (χ3n) is 4.96. The molecular weight excluding hydrogens is 328 g/mol. The smallest absolute Gasteiger partial charge is 0.387 e. The van der Waals surface area contributed by atoms with Crippen molar-refractivity contribution >= 4 is 5.91 Å². The minimum Gasteiger partial charge on any atom is -0.435 e. The number of hydrogen-bond donors (Lipinski definition) is 1. The maximum atomic E-state index is 12.4. The van der Waals surface area contributed by atoms with Crippen LogP contribution in [0.15, 0.2) is 24.3 Å². The van der Waals surface area contributed by atoms with Crippen LogP contribution in [0.3, 0.4) is 0 Å². The Hall–Kier alpha value is -1.73. The van der Waals surface area contributed by atoms with Gasteiger partial charge in [0.05, 0.1) is 0 Å². The third-order valence-corrected chi connectivity index (χ3v) is 4.96. The van der Waals surface area contributed by atoms with Crippen LogP contribution in [-0.4, -0.2) is 67.6 Å². The second-order valence-corrected chi connectivity index (χ2v) is 6.59. The first-order valence-corrected chi connectivity index (χ1v) is 8.88. The van der Waals surface area contributed by atoms with Crippen LogP contribution in [0.25, 0.3) is 0 Å². The number of ether oxygens (including phenoxy) is 1. The maximum Gasteiger partial charge on any atom is 0.387 e. The lowest BCUT2D eigenvalue weighted by Gasteiger charge is -2.32. The molecule has 7 heteroatoms. The summed E-state index contributed by atoms with van der Waals surface area (Å²) in [6.45, 7) is 2.99. The van der Waals surface area contributed by atoms with Crippen LogP contribution < -0.4 is 10.1 Å². The Labute approximate surface area is 146 Å². The fraction of sp³-hybridized carbons (Fsp3) is 0.611. The number of halogens is 2. The summed E-state index contributed by atoms with van der Waals surface area (Å²) in [4.78, 5) is 16.9. The molecule has 0 radical (unpaired) electrons. The van der Waals surface area contributed by atoms with E-state index in [1.165, 1.54) is 12.1 Å². The number of benzene rings is 1. The predicted octanol–water partition coefficient (Wildman–Crippen LogP) is 1.73. The van der Waals surface area contributed by atoms with E-state index in [9.17, 15) is 13.6 Å². The monoisotopic (exact) mass is 353 g/mol. The summed E-state index contributed by atoms with van der Waals surface area (Å²) in [6, 6.07) is 6.98. The molecule has 1 amide bonds. The van der Waals surface area contributed by atoms with Gasteiger partial charge in [-0.3, -0.25) is 9.69 Å². The van der Waals surface area contributed by atoms with Crippen molar-refractivity contribution in [3.8, 4) is 5.75 Å². The van der Waals surface area contributed by atoms with Gasteiger partial charge in [-0.25, -0.2) is 0 Å². The zero-order chi connectivity index (χ0) is 17.6. The first-order chi connectivity index (χ1) is 12.1. The summed E-state index contributed by atoms with van der Waals surface area (Å²) < 4.78 is 28.6. The van der Waals surface area contributed by atoms with Crippen LogP contribution >= 0.6 is 0 Å². The molecule has 2 fully saturated rings. The molecule has 2 aliphatic rings. The number of carbonyl (C=O) groups is 1. The van der Waals surface area contributed by atoms with Gasteiger partial charge >= 0.3 is 6.61 Å². The minimum absolute atomic E-state index is 0.142. The van der Waals surface area contributed by atoms with E-state index in [1.807, 2.05) is 4.90 Å². The molecule has 2 aliphatic heterocycles. The van der Waals surface area contributed by atoms with Crippen molar-refractivity contribution in [2.24, 2.45) is 0 Å². The van der Waals surface area contributed by atoms with Gasteiger partial charge in [0.2, 0.25) is 5.91 Å². The zero-order valence-corrected chi connectivity index (χ0v) is 14.3. The summed E-state index contributed by atoms with van der Waals surface area (Å²) in [5, 5.41) is 3.35. The first-order valence-electron chi connectivity index (χ1n) is 8.88. The van der Waals surface area contributed by atoms with Gasteiger partial charge in [-0.2, -0.15) is 8.78 Å². The predicted molar refractivity (Wildman–Crippen MR) is 90.8 cm³/mol. The second-order valence-electron chi connectivity index (χ2n) is 6.59. The highest BCUT2D eigenvalue weighted by atomic mass is 19.3. The quantitative estimate of drug-likeness (QED) is 0.846. The normalized spacial score (nSPS) is 21.7. The Morgan fingerprint density at radius 1 is 1.20 bits per heavy atom. The van der Waals surface area contributed by atoms with Crippen LogP contribution in [0, 0.1) is 0 Å². The number of amides is 1. The molecule has 0 aromatic heterocycles. The number of nitrogens with one attached hydrogen (secondary N) is 1. The van der Waals surface area contributed by atoms with Crippen LogP contribution in [0.2, 0.25) is 0 Å². The van der Waals surface area contributed by atoms with Crippen molar-refractivity contribution < 1.29 is 18.3 Å². The van der Waals surface area contributed by atoms with Crippen molar-refractivity contribution in [3.05, 3.63) is 29.8 Å². The standard InChI is InChI=1S/C18H25F2N3O2/c19-18(20)25-16-4-1-14(2-5-16)3-6-17(24)23-10-7-15(13-23)22-11-8-21-9-12-22/h1-2,4-5,15,18,21H,3,6-13H2. The summed E-state index contributed by atoms with van der Waals surface area (Å²) >= 11 is 0. The van der Waals surface area contributed by atoms with Gasteiger partial charge in [0.15, 0.2) is 0 Å². The lowest BCUT2D eigenvalue weighted by atomic mass is 10.1. The van der Waals surface area contributed by atoms with Crippen LogP contribution in [0.4, 0.5) is 8.78 Å². The van der Waals surface area contributed by atoms with Crippen molar-refractivity contribution in [2.45, 2.75) is 31.9 Å². The number of nitrogens with zero attached hydrogens (tertiary/aromatic N) is 2. The fourth-order valence-corrected chi connectivity index (χ4v) is 3.56. The average Bonchev–Trinajstić information content (AvgIpc) is 3.11. The molecule has 1 aromatic carbocycles. The van der Waals surface area contributed by atoms with E-state index in [0.717, 1.165) is 51.3 Å².